The molecule has 0 saturated carbocycles. The normalized spacial score (nSPS) is 11.1. The van der Waals surface area contributed by atoms with Crippen LogP contribution < -0.4 is 4.57 Å². The van der Waals surface area contributed by atoms with Gasteiger partial charge in [-0.3, -0.25) is 4.98 Å². The van der Waals surface area contributed by atoms with E-state index in [1.165, 1.54) is 11.1 Å². The summed E-state index contributed by atoms with van der Waals surface area (Å²) in [7, 11) is 2.01. The number of aromatic nitrogens is 3. The van der Waals surface area contributed by atoms with Gasteiger partial charge in [0.05, 0.1) is 23.3 Å². The van der Waals surface area contributed by atoms with E-state index in [-0.39, 0.29) is 0 Å². The van der Waals surface area contributed by atoms with Crippen molar-refractivity contribution in [3.05, 3.63) is 42.5 Å². The van der Waals surface area contributed by atoms with E-state index in [0.717, 1.165) is 16.4 Å². The summed E-state index contributed by atoms with van der Waals surface area (Å²) < 4.78 is 2.03. The monoisotopic (exact) mass is 210 g/mol. The Morgan fingerprint density at radius 2 is 1.94 bits per heavy atom. The van der Waals surface area contributed by atoms with Crippen LogP contribution in [0, 0.1) is 6.92 Å². The van der Waals surface area contributed by atoms with E-state index in [9.17, 15) is 0 Å². The molecule has 3 aromatic rings. The molecule has 1 aromatic carbocycles. The Morgan fingerprint density at radius 1 is 1.06 bits per heavy atom. The lowest BCUT2D eigenvalue weighted by molar-refractivity contribution is -0.679. The molecule has 78 valence electrons. The van der Waals surface area contributed by atoms with Gasteiger partial charge in [-0.2, -0.15) is 0 Å². The van der Waals surface area contributed by atoms with Crippen LogP contribution in [0.3, 0.4) is 0 Å². The van der Waals surface area contributed by atoms with Gasteiger partial charge in [-0.05, 0) is 36.2 Å². The molecule has 3 rings (SSSR count). The van der Waals surface area contributed by atoms with Crippen LogP contribution >= 0.6 is 0 Å². The fourth-order valence-electron chi connectivity index (χ4n) is 1.99. The minimum absolute atomic E-state index is 0.996. The van der Waals surface area contributed by atoms with E-state index in [2.05, 4.69) is 29.0 Å². The maximum atomic E-state index is 4.49. The van der Waals surface area contributed by atoms with Crippen LogP contribution in [0.4, 0.5) is 0 Å². The van der Waals surface area contributed by atoms with Crippen molar-refractivity contribution in [1.82, 2.24) is 9.97 Å². The van der Waals surface area contributed by atoms with E-state index >= 15 is 0 Å². The molecule has 3 heteroatoms. The predicted octanol–water partition coefficient (Wildman–Crippen LogP) is 1.92. The maximum Gasteiger partial charge on any atom is 0.286 e. The Hall–Kier alpha value is -2.03. The first-order valence-corrected chi connectivity index (χ1v) is 5.26. The van der Waals surface area contributed by atoms with Gasteiger partial charge in [-0.15, -0.1) is 0 Å². The Kier molecular flexibility index (Phi) is 1.86. The molecule has 2 heterocycles. The third-order valence-corrected chi connectivity index (χ3v) is 3.04. The third-order valence-electron chi connectivity index (χ3n) is 3.04. The van der Waals surface area contributed by atoms with Gasteiger partial charge in [0, 0.05) is 6.20 Å². The minimum Gasteiger partial charge on any atom is -0.256 e. The van der Waals surface area contributed by atoms with Crippen molar-refractivity contribution >= 4 is 21.8 Å². The van der Waals surface area contributed by atoms with Gasteiger partial charge in [0.25, 0.3) is 6.33 Å². The highest BCUT2D eigenvalue weighted by Crippen LogP contribution is 2.22. The SMILES string of the molecule is Cc1c2ccc3ncccc3c2nc[n+]1C. The number of aryl methyl sites for hydroxylation is 2. The lowest BCUT2D eigenvalue weighted by Gasteiger charge is -2.02. The third kappa shape index (κ3) is 1.18. The van der Waals surface area contributed by atoms with E-state index in [1.54, 1.807) is 0 Å². The average Bonchev–Trinajstić information content (AvgIpc) is 2.33. The summed E-state index contributed by atoms with van der Waals surface area (Å²) >= 11 is 0. The molecule has 2 aromatic heterocycles. The minimum atomic E-state index is 0.996. The molecule has 0 atom stereocenters. The summed E-state index contributed by atoms with van der Waals surface area (Å²) in [6, 6.07) is 8.15. The maximum absolute atomic E-state index is 4.49. The van der Waals surface area contributed by atoms with Crippen molar-refractivity contribution in [2.24, 2.45) is 7.05 Å². The van der Waals surface area contributed by atoms with Crippen molar-refractivity contribution < 1.29 is 4.57 Å². The Labute approximate surface area is 93.4 Å². The largest absolute Gasteiger partial charge is 0.286 e. The highest BCUT2D eigenvalue weighted by atomic mass is 15.0. The van der Waals surface area contributed by atoms with Crippen molar-refractivity contribution in [1.29, 1.82) is 0 Å². The standard InChI is InChI=1S/C13H12N3/c1-9-10-5-6-12-11(4-3-7-14-12)13(10)15-8-16(9)2/h3-8H,1-2H3/q+1. The lowest BCUT2D eigenvalue weighted by Crippen LogP contribution is -2.32. The Bertz CT molecular complexity index is 689. The van der Waals surface area contributed by atoms with Gasteiger partial charge < -0.3 is 0 Å². The number of nitrogens with zero attached hydrogens (tertiary/aromatic N) is 3. The first-order valence-electron chi connectivity index (χ1n) is 5.26. The molecule has 0 fully saturated rings. The smallest absolute Gasteiger partial charge is 0.256 e. The zero-order valence-electron chi connectivity index (χ0n) is 9.31. The van der Waals surface area contributed by atoms with Crippen LogP contribution in [0.25, 0.3) is 21.8 Å². The average molecular weight is 210 g/mol. The number of fused-ring (bicyclic) bond motifs is 3. The summed E-state index contributed by atoms with van der Waals surface area (Å²) in [6.45, 7) is 2.10. The van der Waals surface area contributed by atoms with Crippen LogP contribution in [-0.4, -0.2) is 9.97 Å². The summed E-state index contributed by atoms with van der Waals surface area (Å²) in [5.41, 5.74) is 3.24. The molecular formula is C13H12N3+. The van der Waals surface area contributed by atoms with Gasteiger partial charge >= 0.3 is 0 Å². The van der Waals surface area contributed by atoms with E-state index in [0.29, 0.717) is 0 Å². The first kappa shape index (κ1) is 9.21. The fraction of sp³-hybridized carbons (Fsp3) is 0.154. The number of rotatable bonds is 0. The molecule has 0 saturated heterocycles. The van der Waals surface area contributed by atoms with Crippen molar-refractivity contribution in [3.63, 3.8) is 0 Å². The lowest BCUT2D eigenvalue weighted by atomic mass is 10.1. The van der Waals surface area contributed by atoms with E-state index in [4.69, 9.17) is 0 Å². The van der Waals surface area contributed by atoms with Gasteiger partial charge in [-0.25, -0.2) is 4.57 Å². The van der Waals surface area contributed by atoms with Crippen molar-refractivity contribution in [2.75, 3.05) is 0 Å². The molecule has 0 amide bonds. The predicted molar refractivity (Wildman–Crippen MR) is 63.0 cm³/mol. The number of benzene rings is 1. The second kappa shape index (κ2) is 3.23. The molecular weight excluding hydrogens is 198 g/mol. The first-order chi connectivity index (χ1) is 7.77. The molecule has 0 N–H and O–H groups in total. The highest BCUT2D eigenvalue weighted by Gasteiger charge is 2.11. The van der Waals surface area contributed by atoms with Crippen molar-refractivity contribution in [2.45, 2.75) is 6.92 Å². The van der Waals surface area contributed by atoms with Gasteiger partial charge in [-0.1, -0.05) is 0 Å². The van der Waals surface area contributed by atoms with Crippen LogP contribution in [-0.2, 0) is 7.05 Å². The van der Waals surface area contributed by atoms with Crippen LogP contribution in [0.1, 0.15) is 5.69 Å². The molecule has 0 spiro atoms. The Morgan fingerprint density at radius 3 is 2.81 bits per heavy atom. The summed E-state index contributed by atoms with van der Waals surface area (Å²) in [5, 5.41) is 2.30. The molecule has 16 heavy (non-hydrogen) atoms. The van der Waals surface area contributed by atoms with Gasteiger partial charge in [0.2, 0.25) is 0 Å². The van der Waals surface area contributed by atoms with Crippen LogP contribution in [0.5, 0.6) is 0 Å². The second-order valence-electron chi connectivity index (χ2n) is 3.97. The highest BCUT2D eigenvalue weighted by molar-refractivity contribution is 6.03. The van der Waals surface area contributed by atoms with Gasteiger partial charge in [0.1, 0.15) is 5.69 Å². The van der Waals surface area contributed by atoms with Crippen LogP contribution in [0.15, 0.2) is 36.8 Å². The molecule has 0 aliphatic rings. The Balaban J connectivity index is 2.58. The molecule has 0 radical (unpaired) electrons. The van der Waals surface area contributed by atoms with E-state index in [1.807, 2.05) is 36.3 Å². The summed E-state index contributed by atoms with van der Waals surface area (Å²) in [6.07, 6.45) is 3.66. The fourth-order valence-corrected chi connectivity index (χ4v) is 1.99. The quantitative estimate of drug-likeness (QED) is 0.419. The molecule has 0 bridgehead atoms. The number of hydrogen-bond acceptors (Lipinski definition) is 2. The molecule has 0 aliphatic carbocycles. The van der Waals surface area contributed by atoms with Gasteiger partial charge in [0.15, 0.2) is 5.52 Å². The number of pyridine rings is 1. The zero-order valence-corrected chi connectivity index (χ0v) is 9.31. The molecule has 0 unspecified atom stereocenters. The summed E-state index contributed by atoms with van der Waals surface area (Å²) in [4.78, 5) is 8.83. The topological polar surface area (TPSA) is 29.7 Å². The van der Waals surface area contributed by atoms with Crippen LogP contribution in [0.2, 0.25) is 0 Å². The van der Waals surface area contributed by atoms with Crippen molar-refractivity contribution in [3.8, 4) is 0 Å². The number of hydrogen-bond donors (Lipinski definition) is 0. The summed E-state index contributed by atoms with van der Waals surface area (Å²) in [5.74, 6) is 0. The molecule has 0 aliphatic heterocycles. The molecule has 3 nitrogen and oxygen atoms in total. The second-order valence-corrected chi connectivity index (χ2v) is 3.97. The zero-order chi connectivity index (χ0) is 11.1. The van der Waals surface area contributed by atoms with E-state index < -0.39 is 0 Å².